The number of rotatable bonds is 5. The molecule has 2 saturated heterocycles. The molecule has 4 rings (SSSR count). The first-order chi connectivity index (χ1) is 11.7. The average Bonchev–Trinajstić information content (AvgIpc) is 3.23. The van der Waals surface area contributed by atoms with Gasteiger partial charge in [0.15, 0.2) is 5.82 Å². The molecule has 0 radical (unpaired) electrons. The van der Waals surface area contributed by atoms with Crippen molar-refractivity contribution in [3.63, 3.8) is 0 Å². The Balaban J connectivity index is 1.33. The maximum Gasteiger partial charge on any atom is 0.229 e. The van der Waals surface area contributed by atoms with E-state index in [4.69, 9.17) is 14.0 Å². The van der Waals surface area contributed by atoms with Crippen LogP contribution in [-0.4, -0.2) is 52.4 Å². The van der Waals surface area contributed by atoms with Crippen molar-refractivity contribution in [2.24, 2.45) is 5.92 Å². The van der Waals surface area contributed by atoms with E-state index < -0.39 is 0 Å². The highest BCUT2D eigenvalue weighted by Crippen LogP contribution is 2.35. The van der Waals surface area contributed by atoms with Gasteiger partial charge in [0.1, 0.15) is 0 Å². The molecule has 2 aromatic heterocycles. The summed E-state index contributed by atoms with van der Waals surface area (Å²) in [5.74, 6) is 2.64. The fraction of sp³-hybridized carbons (Fsp3) is 0.588. The number of ether oxygens (including phenoxy) is 2. The van der Waals surface area contributed by atoms with Crippen LogP contribution in [0.15, 0.2) is 22.9 Å². The van der Waals surface area contributed by atoms with Gasteiger partial charge >= 0.3 is 0 Å². The van der Waals surface area contributed by atoms with Crippen LogP contribution >= 0.6 is 0 Å². The maximum absolute atomic E-state index is 6.21. The predicted octanol–water partition coefficient (Wildman–Crippen LogP) is 1.61. The Morgan fingerprint density at radius 2 is 2.29 bits per heavy atom. The summed E-state index contributed by atoms with van der Waals surface area (Å²) in [7, 11) is 1.66. The lowest BCUT2D eigenvalue weighted by Crippen LogP contribution is -2.25. The van der Waals surface area contributed by atoms with Crippen molar-refractivity contribution < 1.29 is 14.0 Å². The molecule has 4 heterocycles. The van der Waals surface area contributed by atoms with E-state index in [1.165, 1.54) is 0 Å². The summed E-state index contributed by atoms with van der Waals surface area (Å²) in [5, 5.41) is 3.84. The van der Waals surface area contributed by atoms with E-state index in [1.807, 2.05) is 13.0 Å². The van der Waals surface area contributed by atoms with Crippen LogP contribution in [0.5, 0.6) is 5.88 Å². The number of hydrogen-bond acceptors (Lipinski definition) is 7. The van der Waals surface area contributed by atoms with E-state index in [0.29, 0.717) is 36.0 Å². The minimum Gasteiger partial charge on any atom is -0.481 e. The minimum absolute atomic E-state index is 0.190. The quantitative estimate of drug-likeness (QED) is 0.824. The Kier molecular flexibility index (Phi) is 4.20. The first kappa shape index (κ1) is 15.5. The second kappa shape index (κ2) is 6.49. The summed E-state index contributed by atoms with van der Waals surface area (Å²) in [5.41, 5.74) is 1.12. The van der Waals surface area contributed by atoms with Crippen LogP contribution in [0.1, 0.15) is 23.7 Å². The Labute approximate surface area is 141 Å². The van der Waals surface area contributed by atoms with Gasteiger partial charge in [0.25, 0.3) is 0 Å². The van der Waals surface area contributed by atoms with E-state index in [-0.39, 0.29) is 6.10 Å². The normalized spacial score (nSPS) is 26.7. The predicted molar refractivity (Wildman–Crippen MR) is 85.6 cm³/mol. The summed E-state index contributed by atoms with van der Waals surface area (Å²) in [6.07, 6.45) is 4.00. The molecular formula is C17H22N4O3. The van der Waals surface area contributed by atoms with Crippen molar-refractivity contribution in [1.29, 1.82) is 0 Å². The monoisotopic (exact) mass is 330 g/mol. The van der Waals surface area contributed by atoms with Crippen LogP contribution in [0.3, 0.4) is 0 Å². The third kappa shape index (κ3) is 3.14. The zero-order valence-electron chi connectivity index (χ0n) is 14.0. The number of pyridine rings is 1. The first-order valence-electron chi connectivity index (χ1n) is 8.36. The molecule has 7 nitrogen and oxygen atoms in total. The second-order valence-corrected chi connectivity index (χ2v) is 6.60. The Bertz CT molecular complexity index is 691. The van der Waals surface area contributed by atoms with Gasteiger partial charge in [-0.25, -0.2) is 4.98 Å². The summed E-state index contributed by atoms with van der Waals surface area (Å²) in [6.45, 7) is 4.67. The van der Waals surface area contributed by atoms with Crippen molar-refractivity contribution >= 4 is 0 Å². The van der Waals surface area contributed by atoms with Gasteiger partial charge in [-0.2, -0.15) is 4.98 Å². The first-order valence-corrected chi connectivity index (χ1v) is 8.36. The second-order valence-electron chi connectivity index (χ2n) is 6.60. The molecule has 0 spiro atoms. The zero-order chi connectivity index (χ0) is 16.5. The number of aromatic nitrogens is 3. The number of likely N-dealkylation sites (tertiary alicyclic amines) is 1. The molecule has 2 aromatic rings. The molecule has 0 aromatic carbocycles. The number of aryl methyl sites for hydroxylation is 1. The van der Waals surface area contributed by atoms with Crippen LogP contribution in [0.25, 0.3) is 0 Å². The lowest BCUT2D eigenvalue weighted by atomic mass is 10.0. The Hall–Kier alpha value is -1.99. The third-order valence-corrected chi connectivity index (χ3v) is 4.80. The van der Waals surface area contributed by atoms with E-state index in [2.05, 4.69) is 26.1 Å². The Morgan fingerprint density at radius 1 is 1.38 bits per heavy atom. The fourth-order valence-corrected chi connectivity index (χ4v) is 3.80. The highest BCUT2D eigenvalue weighted by atomic mass is 16.5. The van der Waals surface area contributed by atoms with Gasteiger partial charge in [0.05, 0.1) is 25.7 Å². The summed E-state index contributed by atoms with van der Waals surface area (Å²) in [6, 6.07) is 4.02. The summed E-state index contributed by atoms with van der Waals surface area (Å²) < 4.78 is 16.8. The van der Waals surface area contributed by atoms with Crippen molar-refractivity contribution in [3.8, 4) is 5.88 Å². The smallest absolute Gasteiger partial charge is 0.229 e. The molecule has 0 bridgehead atoms. The number of methoxy groups -OCH3 is 1. The van der Waals surface area contributed by atoms with Gasteiger partial charge in [-0.1, -0.05) is 11.2 Å². The summed E-state index contributed by atoms with van der Waals surface area (Å²) in [4.78, 5) is 11.0. The zero-order valence-corrected chi connectivity index (χ0v) is 14.0. The van der Waals surface area contributed by atoms with Crippen molar-refractivity contribution in [3.05, 3.63) is 35.6 Å². The summed E-state index contributed by atoms with van der Waals surface area (Å²) >= 11 is 0. The fourth-order valence-electron chi connectivity index (χ4n) is 3.80. The van der Waals surface area contributed by atoms with Crippen LogP contribution in [0.2, 0.25) is 0 Å². The van der Waals surface area contributed by atoms with E-state index in [9.17, 15) is 0 Å². The van der Waals surface area contributed by atoms with Gasteiger partial charge in [0, 0.05) is 37.3 Å². The van der Waals surface area contributed by atoms with Crippen LogP contribution < -0.4 is 4.74 Å². The van der Waals surface area contributed by atoms with E-state index in [0.717, 1.165) is 31.6 Å². The molecule has 0 unspecified atom stereocenters. The topological polar surface area (TPSA) is 73.5 Å². The molecule has 24 heavy (non-hydrogen) atoms. The van der Waals surface area contributed by atoms with Crippen molar-refractivity contribution in [1.82, 2.24) is 20.0 Å². The molecule has 2 aliphatic rings. The molecule has 2 aliphatic heterocycles. The minimum atomic E-state index is 0.190. The molecule has 128 valence electrons. The van der Waals surface area contributed by atoms with Crippen LogP contribution in [0.4, 0.5) is 0 Å². The van der Waals surface area contributed by atoms with Crippen LogP contribution in [-0.2, 0) is 17.7 Å². The van der Waals surface area contributed by atoms with Crippen molar-refractivity contribution in [2.75, 3.05) is 20.2 Å². The van der Waals surface area contributed by atoms with Gasteiger partial charge in [-0.05, 0) is 19.4 Å². The number of fused-ring (bicyclic) bond motifs is 1. The molecular weight excluding hydrogens is 308 g/mol. The molecule has 0 saturated carbocycles. The Morgan fingerprint density at radius 3 is 3.04 bits per heavy atom. The highest BCUT2D eigenvalue weighted by Gasteiger charge is 2.42. The molecule has 0 amide bonds. The van der Waals surface area contributed by atoms with Gasteiger partial charge in [-0.3, -0.25) is 4.90 Å². The van der Waals surface area contributed by atoms with Gasteiger partial charge in [-0.15, -0.1) is 0 Å². The molecule has 7 heteroatoms. The molecule has 0 aliphatic carbocycles. The van der Waals surface area contributed by atoms with Gasteiger partial charge < -0.3 is 14.0 Å². The average molecular weight is 330 g/mol. The van der Waals surface area contributed by atoms with Gasteiger partial charge in [0.2, 0.25) is 11.8 Å². The van der Waals surface area contributed by atoms with E-state index in [1.54, 1.807) is 13.3 Å². The van der Waals surface area contributed by atoms with Crippen LogP contribution in [0, 0.1) is 12.8 Å². The highest BCUT2D eigenvalue weighted by molar-refractivity contribution is 5.25. The lowest BCUT2D eigenvalue weighted by molar-refractivity contribution is 0.0342. The number of nitrogens with zero attached hydrogens (tertiary/aromatic N) is 4. The SMILES string of the molecule is COc1ncccc1CN1C[C@@H]2C[C@H](Cc3nc(C)no3)O[C@@H]2C1. The largest absolute Gasteiger partial charge is 0.481 e. The van der Waals surface area contributed by atoms with E-state index >= 15 is 0 Å². The molecule has 2 fully saturated rings. The molecule has 3 atom stereocenters. The number of hydrogen-bond donors (Lipinski definition) is 0. The maximum atomic E-state index is 6.21. The third-order valence-electron chi connectivity index (χ3n) is 4.80. The van der Waals surface area contributed by atoms with Crippen molar-refractivity contribution in [2.45, 2.75) is 38.5 Å². The lowest BCUT2D eigenvalue weighted by Gasteiger charge is -2.19. The standard InChI is InChI=1S/C17H22N4O3/c1-11-19-16(24-20-11)7-14-6-13-9-21(10-15(13)23-14)8-12-4-3-5-18-17(12)22-2/h3-5,13-15H,6-10H2,1-2H3/t13-,14+,15+/m0/s1. The molecule has 0 N–H and O–H groups in total.